The molecule has 1 aromatic heterocycles. The third-order valence-electron chi connectivity index (χ3n) is 2.89. The number of fused-ring (bicyclic) bond motifs is 1. The van der Waals surface area contributed by atoms with E-state index in [9.17, 15) is 5.11 Å². The normalized spacial score (nSPS) is 17.3. The maximum atomic E-state index is 9.19. The minimum atomic E-state index is -0.204. The van der Waals surface area contributed by atoms with Gasteiger partial charge in [0.2, 0.25) is 5.95 Å². The SMILES string of the molecule is OCC1(Nc2nnc3ccccc3n2)CC1. The molecule has 2 aromatic rings. The number of rotatable bonds is 3. The second kappa shape index (κ2) is 3.38. The van der Waals surface area contributed by atoms with E-state index in [0.29, 0.717) is 5.95 Å². The molecule has 1 aromatic carbocycles. The van der Waals surface area contributed by atoms with Crippen molar-refractivity contribution in [1.29, 1.82) is 0 Å². The number of benzene rings is 1. The van der Waals surface area contributed by atoms with Gasteiger partial charge in [0, 0.05) is 0 Å². The molecule has 0 bridgehead atoms. The Bertz CT molecular complexity index is 524. The van der Waals surface area contributed by atoms with Crippen molar-refractivity contribution < 1.29 is 5.11 Å². The van der Waals surface area contributed by atoms with Crippen molar-refractivity contribution in [2.45, 2.75) is 18.4 Å². The number of nitrogens with zero attached hydrogens (tertiary/aromatic N) is 3. The zero-order valence-electron chi connectivity index (χ0n) is 8.72. The van der Waals surface area contributed by atoms with Crippen molar-refractivity contribution in [1.82, 2.24) is 15.2 Å². The molecule has 0 radical (unpaired) electrons. The molecule has 0 amide bonds. The smallest absolute Gasteiger partial charge is 0.243 e. The monoisotopic (exact) mass is 216 g/mol. The van der Waals surface area contributed by atoms with Gasteiger partial charge in [0.15, 0.2) is 0 Å². The average molecular weight is 216 g/mol. The number of hydrogen-bond donors (Lipinski definition) is 2. The van der Waals surface area contributed by atoms with Crippen LogP contribution in [-0.4, -0.2) is 32.4 Å². The van der Waals surface area contributed by atoms with Crippen LogP contribution in [-0.2, 0) is 0 Å². The standard InChI is InChI=1S/C11H12N4O/c16-7-11(5-6-11)13-10-12-8-3-1-2-4-9(8)14-15-10/h1-4,16H,5-7H2,(H,12,13,15). The first-order valence-electron chi connectivity index (χ1n) is 5.30. The fourth-order valence-electron chi connectivity index (χ4n) is 1.64. The minimum absolute atomic E-state index is 0.114. The van der Waals surface area contributed by atoms with Gasteiger partial charge in [-0.05, 0) is 25.0 Å². The maximum Gasteiger partial charge on any atom is 0.243 e. The fraction of sp³-hybridized carbons (Fsp3) is 0.364. The molecule has 5 nitrogen and oxygen atoms in total. The molecule has 1 aliphatic rings. The van der Waals surface area contributed by atoms with E-state index in [0.717, 1.165) is 23.9 Å². The number of aliphatic hydroxyl groups excluding tert-OH is 1. The van der Waals surface area contributed by atoms with Gasteiger partial charge in [-0.15, -0.1) is 10.2 Å². The van der Waals surface area contributed by atoms with Crippen LogP contribution in [0.25, 0.3) is 11.0 Å². The Balaban J connectivity index is 1.93. The van der Waals surface area contributed by atoms with Crippen molar-refractivity contribution in [2.75, 3.05) is 11.9 Å². The summed E-state index contributed by atoms with van der Waals surface area (Å²) in [6.07, 6.45) is 1.92. The lowest BCUT2D eigenvalue weighted by molar-refractivity contribution is 0.265. The Morgan fingerprint density at radius 1 is 1.19 bits per heavy atom. The molecule has 2 N–H and O–H groups in total. The lowest BCUT2D eigenvalue weighted by atomic mass is 10.3. The fourth-order valence-corrected chi connectivity index (χ4v) is 1.64. The Morgan fingerprint density at radius 2 is 1.94 bits per heavy atom. The van der Waals surface area contributed by atoms with Gasteiger partial charge in [-0.1, -0.05) is 12.1 Å². The summed E-state index contributed by atoms with van der Waals surface area (Å²) in [5, 5.41) is 20.4. The number of anilines is 1. The molecule has 3 rings (SSSR count). The van der Waals surface area contributed by atoms with E-state index in [1.54, 1.807) is 0 Å². The molecule has 0 atom stereocenters. The van der Waals surface area contributed by atoms with E-state index in [1.807, 2.05) is 24.3 Å². The highest BCUT2D eigenvalue weighted by molar-refractivity contribution is 5.74. The second-order valence-corrected chi connectivity index (χ2v) is 4.19. The van der Waals surface area contributed by atoms with Gasteiger partial charge in [-0.2, -0.15) is 0 Å². The number of para-hydroxylation sites is 1. The molecule has 16 heavy (non-hydrogen) atoms. The van der Waals surface area contributed by atoms with E-state index < -0.39 is 0 Å². The topological polar surface area (TPSA) is 70.9 Å². The minimum Gasteiger partial charge on any atom is -0.394 e. The van der Waals surface area contributed by atoms with Crippen LogP contribution < -0.4 is 5.32 Å². The van der Waals surface area contributed by atoms with Crippen LogP contribution in [0.2, 0.25) is 0 Å². The van der Waals surface area contributed by atoms with E-state index in [-0.39, 0.29) is 12.1 Å². The zero-order valence-corrected chi connectivity index (χ0v) is 8.72. The first kappa shape index (κ1) is 9.47. The van der Waals surface area contributed by atoms with Gasteiger partial charge in [-0.3, -0.25) is 0 Å². The predicted molar refractivity (Wildman–Crippen MR) is 60.0 cm³/mol. The van der Waals surface area contributed by atoms with Crippen molar-refractivity contribution in [3.05, 3.63) is 24.3 Å². The van der Waals surface area contributed by atoms with Crippen LogP contribution in [0.5, 0.6) is 0 Å². The lowest BCUT2D eigenvalue weighted by Gasteiger charge is -2.13. The summed E-state index contributed by atoms with van der Waals surface area (Å²) in [5.41, 5.74) is 1.39. The van der Waals surface area contributed by atoms with Crippen molar-refractivity contribution >= 4 is 17.0 Å². The molecular weight excluding hydrogens is 204 g/mol. The summed E-state index contributed by atoms with van der Waals surface area (Å²) in [6, 6.07) is 7.59. The molecule has 0 spiro atoms. The summed E-state index contributed by atoms with van der Waals surface area (Å²) in [5.74, 6) is 0.491. The van der Waals surface area contributed by atoms with Crippen molar-refractivity contribution in [2.24, 2.45) is 0 Å². The van der Waals surface area contributed by atoms with Crippen LogP contribution >= 0.6 is 0 Å². The van der Waals surface area contributed by atoms with Gasteiger partial charge in [0.05, 0.1) is 17.7 Å². The summed E-state index contributed by atoms with van der Waals surface area (Å²) in [7, 11) is 0. The first-order chi connectivity index (χ1) is 7.81. The van der Waals surface area contributed by atoms with Gasteiger partial charge >= 0.3 is 0 Å². The Hall–Kier alpha value is -1.75. The maximum absolute atomic E-state index is 9.19. The van der Waals surface area contributed by atoms with Crippen molar-refractivity contribution in [3.63, 3.8) is 0 Å². The van der Waals surface area contributed by atoms with Crippen LogP contribution in [0.15, 0.2) is 24.3 Å². The van der Waals surface area contributed by atoms with Crippen LogP contribution in [0.4, 0.5) is 5.95 Å². The van der Waals surface area contributed by atoms with Crippen LogP contribution in [0, 0.1) is 0 Å². The number of hydrogen-bond acceptors (Lipinski definition) is 5. The molecule has 5 heteroatoms. The van der Waals surface area contributed by atoms with Crippen LogP contribution in [0.3, 0.4) is 0 Å². The van der Waals surface area contributed by atoms with E-state index >= 15 is 0 Å². The molecule has 0 saturated heterocycles. The molecule has 1 fully saturated rings. The number of aromatic nitrogens is 3. The number of nitrogens with one attached hydrogen (secondary N) is 1. The molecule has 0 aliphatic heterocycles. The highest BCUT2D eigenvalue weighted by Crippen LogP contribution is 2.37. The van der Waals surface area contributed by atoms with Gasteiger partial charge in [-0.25, -0.2) is 4.98 Å². The third kappa shape index (κ3) is 1.59. The van der Waals surface area contributed by atoms with Gasteiger partial charge in [0.25, 0.3) is 0 Å². The van der Waals surface area contributed by atoms with Crippen LogP contribution in [0.1, 0.15) is 12.8 Å². The Labute approximate surface area is 92.5 Å². The summed E-state index contributed by atoms with van der Waals surface area (Å²) in [4.78, 5) is 4.35. The van der Waals surface area contributed by atoms with E-state index in [1.165, 1.54) is 0 Å². The average Bonchev–Trinajstić information content (AvgIpc) is 3.09. The largest absolute Gasteiger partial charge is 0.394 e. The predicted octanol–water partition coefficient (Wildman–Crippen LogP) is 0.962. The highest BCUT2D eigenvalue weighted by atomic mass is 16.3. The molecule has 1 heterocycles. The zero-order chi connectivity index (χ0) is 11.0. The summed E-state index contributed by atoms with van der Waals surface area (Å²) in [6.45, 7) is 0.114. The molecule has 0 unspecified atom stereocenters. The van der Waals surface area contributed by atoms with E-state index in [4.69, 9.17) is 0 Å². The van der Waals surface area contributed by atoms with Crippen molar-refractivity contribution in [3.8, 4) is 0 Å². The Kier molecular flexibility index (Phi) is 2.00. The van der Waals surface area contributed by atoms with Gasteiger partial charge in [0.1, 0.15) is 5.52 Å². The summed E-state index contributed by atoms with van der Waals surface area (Å²) < 4.78 is 0. The molecule has 1 aliphatic carbocycles. The highest BCUT2D eigenvalue weighted by Gasteiger charge is 2.42. The molecule has 1 saturated carbocycles. The quantitative estimate of drug-likeness (QED) is 0.799. The van der Waals surface area contributed by atoms with Gasteiger partial charge < -0.3 is 10.4 Å². The number of aliphatic hydroxyl groups is 1. The Morgan fingerprint density at radius 3 is 2.62 bits per heavy atom. The third-order valence-corrected chi connectivity index (χ3v) is 2.89. The molecular formula is C11H12N4O. The second-order valence-electron chi connectivity index (χ2n) is 4.19. The first-order valence-corrected chi connectivity index (χ1v) is 5.30. The summed E-state index contributed by atoms with van der Waals surface area (Å²) >= 11 is 0. The molecule has 82 valence electrons. The van der Waals surface area contributed by atoms with E-state index in [2.05, 4.69) is 20.5 Å². The lowest BCUT2D eigenvalue weighted by Crippen LogP contribution is -2.26.